The molecule has 1 aliphatic rings. The highest BCUT2D eigenvalue weighted by atomic mass is 16.2. The fraction of sp³-hybridized carbons (Fsp3) is 0.250. The summed E-state index contributed by atoms with van der Waals surface area (Å²) in [5, 5.41) is 0.935. The Morgan fingerprint density at radius 3 is 3.00 bits per heavy atom. The van der Waals surface area contributed by atoms with Gasteiger partial charge in [-0.1, -0.05) is 12.1 Å². The molecule has 0 spiro atoms. The Hall–Kier alpha value is -2.79. The molecule has 0 fully saturated rings. The minimum Gasteiger partial charge on any atom is -0.330 e. The number of pyridine rings is 2. The highest BCUT2D eigenvalue weighted by Gasteiger charge is 2.24. The molecule has 3 heterocycles. The van der Waals surface area contributed by atoms with E-state index in [1.807, 2.05) is 23.1 Å². The van der Waals surface area contributed by atoms with Crippen LogP contribution in [0.2, 0.25) is 0 Å². The van der Waals surface area contributed by atoms with Crippen molar-refractivity contribution in [1.82, 2.24) is 9.97 Å². The zero-order valence-electron chi connectivity index (χ0n) is 14.0. The molecule has 126 valence electrons. The standard InChI is InChI=1S/C20H20N4O/c21-9-7-14-3-6-19-15(12-14)2-1-11-24(19)20(25)18-5-4-16-13-22-10-8-17(16)23-18/h3-6,8,10,12-13H,1-2,7,9,11,21H2. The van der Waals surface area contributed by atoms with E-state index >= 15 is 0 Å². The average Bonchev–Trinajstić information content (AvgIpc) is 2.66. The van der Waals surface area contributed by atoms with Gasteiger partial charge in [-0.15, -0.1) is 0 Å². The zero-order chi connectivity index (χ0) is 17.2. The van der Waals surface area contributed by atoms with E-state index in [1.165, 1.54) is 11.1 Å². The fourth-order valence-corrected chi connectivity index (χ4v) is 3.41. The molecule has 0 saturated carbocycles. The molecule has 3 aromatic rings. The van der Waals surface area contributed by atoms with E-state index in [0.717, 1.165) is 42.4 Å². The van der Waals surface area contributed by atoms with E-state index in [2.05, 4.69) is 22.1 Å². The maximum Gasteiger partial charge on any atom is 0.276 e. The Morgan fingerprint density at radius 2 is 2.12 bits per heavy atom. The first-order chi connectivity index (χ1) is 12.3. The van der Waals surface area contributed by atoms with Gasteiger partial charge in [0, 0.05) is 30.0 Å². The van der Waals surface area contributed by atoms with Gasteiger partial charge in [0.1, 0.15) is 5.69 Å². The lowest BCUT2D eigenvalue weighted by Crippen LogP contribution is -2.36. The first kappa shape index (κ1) is 15.7. The van der Waals surface area contributed by atoms with Crippen molar-refractivity contribution >= 4 is 22.5 Å². The SMILES string of the molecule is NCCc1ccc2c(c1)CCCN2C(=O)c1ccc2cnccc2n1. The highest BCUT2D eigenvalue weighted by molar-refractivity contribution is 6.06. The third kappa shape index (κ3) is 2.98. The van der Waals surface area contributed by atoms with Crippen molar-refractivity contribution in [3.8, 4) is 0 Å². The molecular formula is C20H20N4O. The molecule has 4 rings (SSSR count). The van der Waals surface area contributed by atoms with Crippen molar-refractivity contribution in [1.29, 1.82) is 0 Å². The number of hydrogen-bond acceptors (Lipinski definition) is 4. The number of fused-ring (bicyclic) bond motifs is 2. The third-order valence-electron chi connectivity index (χ3n) is 4.65. The number of aromatic nitrogens is 2. The molecule has 2 N–H and O–H groups in total. The second-order valence-electron chi connectivity index (χ2n) is 6.33. The number of carbonyl (C=O) groups excluding carboxylic acids is 1. The van der Waals surface area contributed by atoms with Crippen LogP contribution in [0.25, 0.3) is 10.9 Å². The number of amides is 1. The maximum atomic E-state index is 13.0. The van der Waals surface area contributed by atoms with Crippen LogP contribution >= 0.6 is 0 Å². The predicted octanol–water partition coefficient (Wildman–Crippen LogP) is 2.72. The molecule has 5 nitrogen and oxygen atoms in total. The summed E-state index contributed by atoms with van der Waals surface area (Å²) in [6, 6.07) is 11.8. The molecule has 1 aliphatic heterocycles. The first-order valence-corrected chi connectivity index (χ1v) is 8.61. The van der Waals surface area contributed by atoms with Crippen molar-refractivity contribution in [3.05, 3.63) is 65.6 Å². The van der Waals surface area contributed by atoms with Crippen molar-refractivity contribution in [2.24, 2.45) is 5.73 Å². The van der Waals surface area contributed by atoms with Crippen molar-refractivity contribution in [2.45, 2.75) is 19.3 Å². The van der Waals surface area contributed by atoms with E-state index in [9.17, 15) is 4.79 Å². The lowest BCUT2D eigenvalue weighted by Gasteiger charge is -2.29. The number of anilines is 1. The van der Waals surface area contributed by atoms with Crippen molar-refractivity contribution < 1.29 is 4.79 Å². The maximum absolute atomic E-state index is 13.0. The Kier molecular flexibility index (Phi) is 4.15. The Labute approximate surface area is 146 Å². The molecule has 0 unspecified atom stereocenters. The Balaban J connectivity index is 1.68. The van der Waals surface area contributed by atoms with Gasteiger partial charge in [0.05, 0.1) is 5.52 Å². The van der Waals surface area contributed by atoms with Gasteiger partial charge in [-0.05, 0) is 61.2 Å². The van der Waals surface area contributed by atoms with Gasteiger partial charge in [0.2, 0.25) is 0 Å². The predicted molar refractivity (Wildman–Crippen MR) is 98.7 cm³/mol. The van der Waals surface area contributed by atoms with Crippen LogP contribution in [0.1, 0.15) is 28.0 Å². The summed E-state index contributed by atoms with van der Waals surface area (Å²) in [4.78, 5) is 23.5. The number of rotatable bonds is 3. The molecule has 0 atom stereocenters. The van der Waals surface area contributed by atoms with Gasteiger partial charge in [0.25, 0.3) is 5.91 Å². The topological polar surface area (TPSA) is 72.1 Å². The van der Waals surface area contributed by atoms with Crippen LogP contribution < -0.4 is 10.6 Å². The second kappa shape index (κ2) is 6.61. The van der Waals surface area contributed by atoms with Gasteiger partial charge in [-0.25, -0.2) is 4.98 Å². The Morgan fingerprint density at radius 1 is 1.20 bits per heavy atom. The molecule has 0 aliphatic carbocycles. The van der Waals surface area contributed by atoms with Crippen molar-refractivity contribution in [2.75, 3.05) is 18.0 Å². The molecular weight excluding hydrogens is 312 g/mol. The molecule has 0 radical (unpaired) electrons. The van der Waals surface area contributed by atoms with Gasteiger partial charge < -0.3 is 10.6 Å². The Bertz CT molecular complexity index is 938. The quantitative estimate of drug-likeness (QED) is 0.800. The molecule has 5 heteroatoms. The summed E-state index contributed by atoms with van der Waals surface area (Å²) in [6.45, 7) is 1.36. The largest absolute Gasteiger partial charge is 0.330 e. The monoisotopic (exact) mass is 332 g/mol. The minimum absolute atomic E-state index is 0.0498. The van der Waals surface area contributed by atoms with Crippen LogP contribution in [0, 0.1) is 0 Å². The summed E-state index contributed by atoms with van der Waals surface area (Å²) in [6.07, 6.45) is 6.27. The van der Waals surface area contributed by atoms with Crippen LogP contribution in [-0.2, 0) is 12.8 Å². The van der Waals surface area contributed by atoms with Gasteiger partial charge in [0.15, 0.2) is 0 Å². The van der Waals surface area contributed by atoms with Crippen molar-refractivity contribution in [3.63, 3.8) is 0 Å². The minimum atomic E-state index is -0.0498. The lowest BCUT2D eigenvalue weighted by atomic mass is 9.97. The highest BCUT2D eigenvalue weighted by Crippen LogP contribution is 2.29. The number of nitrogens with zero attached hydrogens (tertiary/aromatic N) is 3. The fourth-order valence-electron chi connectivity index (χ4n) is 3.41. The van der Waals surface area contributed by atoms with E-state index in [0.29, 0.717) is 12.2 Å². The summed E-state index contributed by atoms with van der Waals surface area (Å²) in [5.41, 5.74) is 10.4. The number of nitrogens with two attached hydrogens (primary N) is 1. The van der Waals surface area contributed by atoms with E-state index < -0.39 is 0 Å². The number of carbonyl (C=O) groups is 1. The molecule has 0 saturated heterocycles. The van der Waals surface area contributed by atoms with Crippen LogP contribution in [-0.4, -0.2) is 29.0 Å². The van der Waals surface area contributed by atoms with Crippen LogP contribution in [0.15, 0.2) is 48.8 Å². The summed E-state index contributed by atoms with van der Waals surface area (Å²) in [5.74, 6) is -0.0498. The van der Waals surface area contributed by atoms with E-state index in [1.54, 1.807) is 18.5 Å². The van der Waals surface area contributed by atoms with E-state index in [-0.39, 0.29) is 5.91 Å². The van der Waals surface area contributed by atoms with E-state index in [4.69, 9.17) is 5.73 Å². The number of hydrogen-bond donors (Lipinski definition) is 1. The molecule has 1 amide bonds. The summed E-state index contributed by atoms with van der Waals surface area (Å²) >= 11 is 0. The van der Waals surface area contributed by atoms with Gasteiger partial charge in [-0.3, -0.25) is 9.78 Å². The van der Waals surface area contributed by atoms with Crippen LogP contribution in [0.5, 0.6) is 0 Å². The van der Waals surface area contributed by atoms with Crippen LogP contribution in [0.3, 0.4) is 0 Å². The molecule has 0 bridgehead atoms. The zero-order valence-corrected chi connectivity index (χ0v) is 14.0. The number of aryl methyl sites for hydroxylation is 1. The third-order valence-corrected chi connectivity index (χ3v) is 4.65. The summed E-state index contributed by atoms with van der Waals surface area (Å²) in [7, 11) is 0. The van der Waals surface area contributed by atoms with Crippen LogP contribution in [0.4, 0.5) is 5.69 Å². The lowest BCUT2D eigenvalue weighted by molar-refractivity contribution is 0.0980. The molecule has 25 heavy (non-hydrogen) atoms. The summed E-state index contributed by atoms with van der Waals surface area (Å²) < 4.78 is 0. The van der Waals surface area contributed by atoms with Gasteiger partial charge >= 0.3 is 0 Å². The van der Waals surface area contributed by atoms with Gasteiger partial charge in [-0.2, -0.15) is 0 Å². The molecule has 1 aromatic carbocycles. The number of benzene rings is 1. The first-order valence-electron chi connectivity index (χ1n) is 8.61. The normalized spacial score (nSPS) is 13.7. The smallest absolute Gasteiger partial charge is 0.276 e. The molecule has 2 aromatic heterocycles. The second-order valence-corrected chi connectivity index (χ2v) is 6.33. The average molecular weight is 332 g/mol.